The molecule has 92 valence electrons. The van der Waals surface area contributed by atoms with Crippen LogP contribution in [0.5, 0.6) is 0 Å². The predicted molar refractivity (Wildman–Crippen MR) is 74.4 cm³/mol. The van der Waals surface area contributed by atoms with Gasteiger partial charge in [-0.05, 0) is 50.8 Å². The van der Waals surface area contributed by atoms with Gasteiger partial charge in [0.2, 0.25) is 0 Å². The average molecular weight is 230 g/mol. The van der Waals surface area contributed by atoms with Crippen molar-refractivity contribution >= 4 is 10.9 Å². The van der Waals surface area contributed by atoms with Gasteiger partial charge >= 0.3 is 0 Å². The molecule has 0 saturated carbocycles. The molecule has 0 spiro atoms. The molecule has 1 heterocycles. The highest BCUT2D eigenvalue weighted by Gasteiger charge is 2.08. The van der Waals surface area contributed by atoms with Crippen LogP contribution in [-0.2, 0) is 6.54 Å². The van der Waals surface area contributed by atoms with Gasteiger partial charge in [0, 0.05) is 30.3 Å². The Bertz CT molecular complexity index is 503. The van der Waals surface area contributed by atoms with Gasteiger partial charge in [0.15, 0.2) is 0 Å². The highest BCUT2D eigenvalue weighted by Crippen LogP contribution is 2.17. The summed E-state index contributed by atoms with van der Waals surface area (Å²) in [4.78, 5) is 0. The van der Waals surface area contributed by atoms with Gasteiger partial charge in [0.1, 0.15) is 0 Å². The van der Waals surface area contributed by atoms with Crippen LogP contribution < -0.4 is 5.32 Å². The maximum absolute atomic E-state index is 3.52. The molecule has 0 aliphatic carbocycles. The van der Waals surface area contributed by atoms with Gasteiger partial charge in [-0.15, -0.1) is 0 Å². The molecule has 17 heavy (non-hydrogen) atoms. The number of nitrogens with one attached hydrogen (secondary N) is 1. The van der Waals surface area contributed by atoms with Crippen LogP contribution in [-0.4, -0.2) is 16.7 Å². The summed E-state index contributed by atoms with van der Waals surface area (Å²) in [5, 5.41) is 4.84. The lowest BCUT2D eigenvalue weighted by molar-refractivity contribution is 0.414. The Morgan fingerprint density at radius 1 is 1.18 bits per heavy atom. The lowest BCUT2D eigenvalue weighted by atomic mass is 10.1. The van der Waals surface area contributed by atoms with Crippen LogP contribution in [0.1, 0.15) is 26.3 Å². The summed E-state index contributed by atoms with van der Waals surface area (Å²) in [5.74, 6) is 0. The van der Waals surface area contributed by atoms with E-state index in [0.717, 1.165) is 13.1 Å². The minimum atomic E-state index is 0.193. The molecule has 1 N–H and O–H groups in total. The third-order valence-electron chi connectivity index (χ3n) is 2.94. The Kier molecular flexibility index (Phi) is 3.25. The second-order valence-corrected chi connectivity index (χ2v) is 5.75. The van der Waals surface area contributed by atoms with Crippen LogP contribution in [0.2, 0.25) is 0 Å². The first-order valence-corrected chi connectivity index (χ1v) is 6.26. The Morgan fingerprint density at radius 3 is 2.65 bits per heavy atom. The zero-order valence-corrected chi connectivity index (χ0v) is 11.2. The molecule has 1 aromatic heterocycles. The van der Waals surface area contributed by atoms with Gasteiger partial charge in [-0.1, -0.05) is 12.1 Å². The molecular formula is C15H22N2. The van der Waals surface area contributed by atoms with E-state index in [9.17, 15) is 0 Å². The van der Waals surface area contributed by atoms with Crippen molar-refractivity contribution in [3.63, 3.8) is 0 Å². The molecule has 1 aromatic carbocycles. The molecule has 0 amide bonds. The maximum Gasteiger partial charge on any atom is 0.0483 e. The monoisotopic (exact) mass is 230 g/mol. The molecule has 0 atom stereocenters. The number of hydrogen-bond donors (Lipinski definition) is 1. The number of nitrogens with zero attached hydrogens (tertiary/aromatic N) is 1. The zero-order chi connectivity index (χ0) is 12.5. The lowest BCUT2D eigenvalue weighted by Gasteiger charge is -2.20. The number of rotatable bonds is 3. The van der Waals surface area contributed by atoms with Gasteiger partial charge in [0.25, 0.3) is 0 Å². The number of benzene rings is 1. The van der Waals surface area contributed by atoms with E-state index in [1.54, 1.807) is 0 Å². The largest absolute Gasteiger partial charge is 0.346 e. The van der Waals surface area contributed by atoms with E-state index in [0.29, 0.717) is 0 Å². The second kappa shape index (κ2) is 4.53. The average Bonchev–Trinajstić information content (AvgIpc) is 2.59. The molecule has 0 bridgehead atoms. The van der Waals surface area contributed by atoms with Gasteiger partial charge in [-0.3, -0.25) is 0 Å². The van der Waals surface area contributed by atoms with Crippen molar-refractivity contribution in [2.24, 2.45) is 0 Å². The summed E-state index contributed by atoms with van der Waals surface area (Å²) in [6.07, 6.45) is 2.18. The summed E-state index contributed by atoms with van der Waals surface area (Å²) in [6, 6.07) is 8.80. The molecule has 0 radical (unpaired) electrons. The minimum absolute atomic E-state index is 0.193. The van der Waals surface area contributed by atoms with E-state index in [2.05, 4.69) is 68.0 Å². The van der Waals surface area contributed by atoms with Crippen LogP contribution in [0.3, 0.4) is 0 Å². The third-order valence-corrected chi connectivity index (χ3v) is 2.94. The summed E-state index contributed by atoms with van der Waals surface area (Å²) < 4.78 is 2.32. The fraction of sp³-hybridized carbons (Fsp3) is 0.467. The maximum atomic E-state index is 3.52. The van der Waals surface area contributed by atoms with E-state index < -0.39 is 0 Å². The van der Waals surface area contributed by atoms with Crippen LogP contribution in [0, 0.1) is 6.92 Å². The van der Waals surface area contributed by atoms with Crippen molar-refractivity contribution in [2.45, 2.75) is 39.8 Å². The summed E-state index contributed by atoms with van der Waals surface area (Å²) >= 11 is 0. The normalized spacial score (nSPS) is 12.2. The van der Waals surface area contributed by atoms with E-state index in [1.807, 2.05) is 0 Å². The first-order valence-electron chi connectivity index (χ1n) is 6.26. The topological polar surface area (TPSA) is 17.0 Å². The summed E-state index contributed by atoms with van der Waals surface area (Å²) in [7, 11) is 0. The number of aryl methyl sites for hydroxylation is 1. The van der Waals surface area contributed by atoms with E-state index in [4.69, 9.17) is 0 Å². The van der Waals surface area contributed by atoms with E-state index in [1.165, 1.54) is 16.5 Å². The standard InChI is InChI=1S/C15H22N2/c1-12-5-6-13-7-9-17(14(13)11-12)10-8-16-15(2,3)4/h5-7,9,11,16H,8,10H2,1-4H3. The Hall–Kier alpha value is -1.28. The molecule has 2 rings (SSSR count). The fourth-order valence-electron chi connectivity index (χ4n) is 2.04. The third kappa shape index (κ3) is 3.10. The van der Waals surface area contributed by atoms with Crippen LogP contribution in [0.4, 0.5) is 0 Å². The van der Waals surface area contributed by atoms with Crippen molar-refractivity contribution in [3.8, 4) is 0 Å². The quantitative estimate of drug-likeness (QED) is 0.855. The molecule has 2 aromatic rings. The van der Waals surface area contributed by atoms with Crippen molar-refractivity contribution in [2.75, 3.05) is 6.54 Å². The van der Waals surface area contributed by atoms with Gasteiger partial charge in [-0.25, -0.2) is 0 Å². The van der Waals surface area contributed by atoms with Crippen molar-refractivity contribution < 1.29 is 0 Å². The SMILES string of the molecule is Cc1ccc2ccn(CCNC(C)(C)C)c2c1. The van der Waals surface area contributed by atoms with Crippen molar-refractivity contribution in [1.82, 2.24) is 9.88 Å². The highest BCUT2D eigenvalue weighted by molar-refractivity contribution is 5.80. The number of aromatic nitrogens is 1. The second-order valence-electron chi connectivity index (χ2n) is 5.75. The molecule has 0 aliphatic heterocycles. The molecule has 0 saturated heterocycles. The molecule has 2 heteroatoms. The Labute approximate surface area is 104 Å². The minimum Gasteiger partial charge on any atom is -0.346 e. The Morgan fingerprint density at radius 2 is 1.94 bits per heavy atom. The van der Waals surface area contributed by atoms with Gasteiger partial charge in [-0.2, -0.15) is 0 Å². The summed E-state index contributed by atoms with van der Waals surface area (Å²) in [5.41, 5.74) is 2.85. The number of hydrogen-bond acceptors (Lipinski definition) is 1. The molecular weight excluding hydrogens is 208 g/mol. The first-order chi connectivity index (χ1) is 7.96. The highest BCUT2D eigenvalue weighted by atomic mass is 15.0. The van der Waals surface area contributed by atoms with Crippen molar-refractivity contribution in [3.05, 3.63) is 36.0 Å². The Balaban J connectivity index is 2.11. The number of fused-ring (bicyclic) bond motifs is 1. The van der Waals surface area contributed by atoms with Crippen LogP contribution >= 0.6 is 0 Å². The molecule has 0 fully saturated rings. The summed E-state index contributed by atoms with van der Waals surface area (Å²) in [6.45, 7) is 10.8. The molecule has 2 nitrogen and oxygen atoms in total. The molecule has 0 unspecified atom stereocenters. The first kappa shape index (κ1) is 12.2. The predicted octanol–water partition coefficient (Wildman–Crippen LogP) is 3.34. The lowest BCUT2D eigenvalue weighted by Crippen LogP contribution is -2.37. The van der Waals surface area contributed by atoms with Crippen molar-refractivity contribution in [1.29, 1.82) is 0 Å². The smallest absolute Gasteiger partial charge is 0.0483 e. The van der Waals surface area contributed by atoms with E-state index in [-0.39, 0.29) is 5.54 Å². The van der Waals surface area contributed by atoms with Gasteiger partial charge in [0.05, 0.1) is 0 Å². The zero-order valence-electron chi connectivity index (χ0n) is 11.2. The fourth-order valence-corrected chi connectivity index (χ4v) is 2.04. The van der Waals surface area contributed by atoms with E-state index >= 15 is 0 Å². The van der Waals surface area contributed by atoms with Gasteiger partial charge < -0.3 is 9.88 Å². The van der Waals surface area contributed by atoms with Crippen LogP contribution in [0.15, 0.2) is 30.5 Å². The molecule has 0 aliphatic rings. The van der Waals surface area contributed by atoms with Crippen LogP contribution in [0.25, 0.3) is 10.9 Å².